The van der Waals surface area contributed by atoms with E-state index in [9.17, 15) is 18.8 Å². The van der Waals surface area contributed by atoms with E-state index in [-0.39, 0.29) is 29.8 Å². The number of hydrogen-bond acceptors (Lipinski definition) is 5. The Balaban J connectivity index is 1.17. The number of carbonyl (C=O) groups excluding carboxylic acids is 3. The summed E-state index contributed by atoms with van der Waals surface area (Å²) in [7, 11) is 0. The van der Waals surface area contributed by atoms with Crippen molar-refractivity contribution >= 4 is 40.4 Å². The number of rotatable bonds is 8. The van der Waals surface area contributed by atoms with Crippen molar-refractivity contribution in [2.24, 2.45) is 0 Å². The molecule has 0 aliphatic carbocycles. The van der Waals surface area contributed by atoms with Crippen LogP contribution < -0.4 is 10.2 Å². The average Bonchev–Trinajstić information content (AvgIpc) is 3.53. The van der Waals surface area contributed by atoms with Crippen LogP contribution in [0.5, 0.6) is 0 Å². The van der Waals surface area contributed by atoms with Gasteiger partial charge in [-0.3, -0.25) is 14.4 Å². The number of piperazine rings is 1. The SMILES string of the molecule is O=C(CN(Cc1ccccc1)C(=O)c1cccs1)Nc1ccc(N2CCN(C(=O)c3ccccc3F)CC2)cc1. The molecule has 0 unspecified atom stereocenters. The molecular weight excluding hydrogens is 527 g/mol. The Morgan fingerprint density at radius 3 is 2.20 bits per heavy atom. The minimum Gasteiger partial charge on any atom is -0.368 e. The van der Waals surface area contributed by atoms with Gasteiger partial charge in [0, 0.05) is 44.1 Å². The zero-order valence-electron chi connectivity index (χ0n) is 21.8. The number of nitrogens with zero attached hydrogens (tertiary/aromatic N) is 3. The summed E-state index contributed by atoms with van der Waals surface area (Å²) in [5.41, 5.74) is 2.63. The van der Waals surface area contributed by atoms with Crippen LogP contribution in [0.15, 0.2) is 96.4 Å². The number of nitrogens with one attached hydrogen (secondary N) is 1. The van der Waals surface area contributed by atoms with Gasteiger partial charge in [0.2, 0.25) is 5.91 Å². The number of amides is 3. The van der Waals surface area contributed by atoms with E-state index < -0.39 is 5.82 Å². The summed E-state index contributed by atoms with van der Waals surface area (Å²) in [6.45, 7) is 2.46. The Bertz CT molecular complexity index is 1450. The first-order valence-electron chi connectivity index (χ1n) is 13.0. The van der Waals surface area contributed by atoms with Crippen molar-refractivity contribution in [2.45, 2.75) is 6.54 Å². The predicted octanol–water partition coefficient (Wildman–Crippen LogP) is 5.13. The molecule has 4 aromatic rings. The van der Waals surface area contributed by atoms with Crippen molar-refractivity contribution in [3.63, 3.8) is 0 Å². The summed E-state index contributed by atoms with van der Waals surface area (Å²) in [6, 6.07) is 26.7. The molecule has 40 heavy (non-hydrogen) atoms. The minimum absolute atomic E-state index is 0.0780. The molecular formula is C31H29FN4O3S. The fourth-order valence-electron chi connectivity index (χ4n) is 4.66. The average molecular weight is 557 g/mol. The van der Waals surface area contributed by atoms with Crippen LogP contribution in [0, 0.1) is 5.82 Å². The molecule has 1 N–H and O–H groups in total. The number of anilines is 2. The second-order valence-corrected chi connectivity index (χ2v) is 10.4. The van der Waals surface area contributed by atoms with Crippen LogP contribution >= 0.6 is 11.3 Å². The van der Waals surface area contributed by atoms with Crippen LogP contribution in [-0.4, -0.2) is 60.2 Å². The Kier molecular flexibility index (Phi) is 8.51. The molecule has 0 radical (unpaired) electrons. The Hall–Kier alpha value is -4.50. The lowest BCUT2D eigenvalue weighted by molar-refractivity contribution is -0.117. The zero-order valence-corrected chi connectivity index (χ0v) is 22.6. The number of hydrogen-bond donors (Lipinski definition) is 1. The van der Waals surface area contributed by atoms with Gasteiger partial charge in [-0.05, 0) is 53.4 Å². The summed E-state index contributed by atoms with van der Waals surface area (Å²) in [6.07, 6.45) is 0. The van der Waals surface area contributed by atoms with Gasteiger partial charge in [0.25, 0.3) is 11.8 Å². The lowest BCUT2D eigenvalue weighted by atomic mass is 10.1. The lowest BCUT2D eigenvalue weighted by Gasteiger charge is -2.36. The molecule has 7 nitrogen and oxygen atoms in total. The van der Waals surface area contributed by atoms with Crippen molar-refractivity contribution in [1.29, 1.82) is 0 Å². The minimum atomic E-state index is -0.508. The first-order chi connectivity index (χ1) is 19.5. The fourth-order valence-corrected chi connectivity index (χ4v) is 5.35. The molecule has 0 atom stereocenters. The second-order valence-electron chi connectivity index (χ2n) is 9.48. The molecule has 204 valence electrons. The number of thiophene rings is 1. The molecule has 0 spiro atoms. The standard InChI is InChI=1S/C31H29FN4O3S/c32-27-10-5-4-9-26(27)30(38)35-18-16-34(17-19-35)25-14-12-24(13-15-25)33-29(37)22-36(21-23-7-2-1-3-8-23)31(39)28-11-6-20-40-28/h1-15,20H,16-19,21-22H2,(H,33,37). The van der Waals surface area contributed by atoms with Crippen molar-refractivity contribution in [2.75, 3.05) is 42.9 Å². The van der Waals surface area contributed by atoms with E-state index in [0.29, 0.717) is 43.3 Å². The topological polar surface area (TPSA) is 73.0 Å². The molecule has 0 bridgehead atoms. The zero-order chi connectivity index (χ0) is 27.9. The van der Waals surface area contributed by atoms with Gasteiger partial charge in [-0.15, -0.1) is 11.3 Å². The Morgan fingerprint density at radius 2 is 1.52 bits per heavy atom. The molecule has 2 heterocycles. The molecule has 1 aromatic heterocycles. The molecule has 1 aliphatic heterocycles. The smallest absolute Gasteiger partial charge is 0.264 e. The van der Waals surface area contributed by atoms with Gasteiger partial charge in [-0.25, -0.2) is 4.39 Å². The molecule has 5 rings (SSSR count). The Morgan fingerprint density at radius 1 is 0.825 bits per heavy atom. The van der Waals surface area contributed by atoms with Crippen LogP contribution in [0.4, 0.5) is 15.8 Å². The predicted molar refractivity (Wildman–Crippen MR) is 155 cm³/mol. The van der Waals surface area contributed by atoms with Gasteiger partial charge in [0.1, 0.15) is 12.4 Å². The first kappa shape index (κ1) is 27.1. The van der Waals surface area contributed by atoms with Crippen LogP contribution in [0.25, 0.3) is 0 Å². The van der Waals surface area contributed by atoms with E-state index in [1.807, 2.05) is 66.0 Å². The van der Waals surface area contributed by atoms with Crippen molar-refractivity contribution in [3.8, 4) is 0 Å². The van der Waals surface area contributed by atoms with Crippen molar-refractivity contribution in [1.82, 2.24) is 9.80 Å². The van der Waals surface area contributed by atoms with Crippen LogP contribution in [0.1, 0.15) is 25.6 Å². The van der Waals surface area contributed by atoms with E-state index in [0.717, 1.165) is 11.3 Å². The normalized spacial score (nSPS) is 13.1. The number of halogens is 1. The van der Waals surface area contributed by atoms with Gasteiger partial charge < -0.3 is 20.0 Å². The molecule has 1 fully saturated rings. The highest BCUT2D eigenvalue weighted by Crippen LogP contribution is 2.21. The van der Waals surface area contributed by atoms with Gasteiger partial charge in [0.15, 0.2) is 0 Å². The largest absolute Gasteiger partial charge is 0.368 e. The maximum absolute atomic E-state index is 14.0. The van der Waals surface area contributed by atoms with Gasteiger partial charge in [0.05, 0.1) is 10.4 Å². The van der Waals surface area contributed by atoms with E-state index in [1.165, 1.54) is 23.5 Å². The number of carbonyl (C=O) groups is 3. The van der Waals surface area contributed by atoms with Gasteiger partial charge >= 0.3 is 0 Å². The Labute approximate surface area is 236 Å². The van der Waals surface area contributed by atoms with E-state index in [2.05, 4.69) is 10.2 Å². The van der Waals surface area contributed by atoms with Gasteiger partial charge in [-0.1, -0.05) is 48.5 Å². The molecule has 3 amide bonds. The highest BCUT2D eigenvalue weighted by atomic mass is 32.1. The van der Waals surface area contributed by atoms with E-state index >= 15 is 0 Å². The first-order valence-corrected chi connectivity index (χ1v) is 13.9. The van der Waals surface area contributed by atoms with E-state index in [4.69, 9.17) is 0 Å². The van der Waals surface area contributed by atoms with Crippen LogP contribution in [0.3, 0.4) is 0 Å². The van der Waals surface area contributed by atoms with Crippen molar-refractivity contribution < 1.29 is 18.8 Å². The molecule has 0 saturated carbocycles. The highest BCUT2D eigenvalue weighted by molar-refractivity contribution is 7.12. The molecule has 1 saturated heterocycles. The fraction of sp³-hybridized carbons (Fsp3) is 0.194. The third-order valence-electron chi connectivity index (χ3n) is 6.76. The molecule has 3 aromatic carbocycles. The summed E-state index contributed by atoms with van der Waals surface area (Å²) in [4.78, 5) is 44.7. The van der Waals surface area contributed by atoms with Crippen LogP contribution in [0.2, 0.25) is 0 Å². The third kappa shape index (κ3) is 6.55. The highest BCUT2D eigenvalue weighted by Gasteiger charge is 2.24. The summed E-state index contributed by atoms with van der Waals surface area (Å²) >= 11 is 1.35. The molecule has 1 aliphatic rings. The summed E-state index contributed by atoms with van der Waals surface area (Å²) < 4.78 is 14.0. The lowest BCUT2D eigenvalue weighted by Crippen LogP contribution is -2.49. The van der Waals surface area contributed by atoms with Gasteiger partial charge in [-0.2, -0.15) is 0 Å². The van der Waals surface area contributed by atoms with Crippen LogP contribution in [-0.2, 0) is 11.3 Å². The summed E-state index contributed by atoms with van der Waals surface area (Å²) in [5, 5.41) is 4.74. The van der Waals surface area contributed by atoms with E-state index in [1.54, 1.807) is 28.0 Å². The number of benzene rings is 3. The maximum atomic E-state index is 14.0. The monoisotopic (exact) mass is 556 g/mol. The second kappa shape index (κ2) is 12.6. The summed E-state index contributed by atoms with van der Waals surface area (Å²) in [5.74, 6) is -1.27. The van der Waals surface area contributed by atoms with Crippen molar-refractivity contribution in [3.05, 3.63) is 118 Å². The third-order valence-corrected chi connectivity index (χ3v) is 7.62. The maximum Gasteiger partial charge on any atom is 0.264 e. The quantitative estimate of drug-likeness (QED) is 0.327. The molecule has 9 heteroatoms.